The summed E-state index contributed by atoms with van der Waals surface area (Å²) >= 11 is 0. The molecule has 0 bridgehead atoms. The van der Waals surface area contributed by atoms with Crippen molar-refractivity contribution in [1.29, 1.82) is 0 Å². The van der Waals surface area contributed by atoms with Crippen molar-refractivity contribution in [3.05, 3.63) is 113 Å². The summed E-state index contributed by atoms with van der Waals surface area (Å²) in [5, 5.41) is 13.0. The van der Waals surface area contributed by atoms with Crippen LogP contribution in [0.1, 0.15) is 40.3 Å². The first-order valence-corrected chi connectivity index (χ1v) is 11.2. The number of hydrogen-bond acceptors (Lipinski definition) is 5. The number of aromatic nitrogens is 2. The number of halogens is 4. The highest BCUT2D eigenvalue weighted by atomic mass is 19.4. The molecule has 1 unspecified atom stereocenters. The number of nitrogens with one attached hydrogen (secondary N) is 1. The van der Waals surface area contributed by atoms with Crippen LogP contribution in [-0.4, -0.2) is 15.1 Å². The summed E-state index contributed by atoms with van der Waals surface area (Å²) in [5.74, 6) is -0.533. The summed E-state index contributed by atoms with van der Waals surface area (Å²) in [4.78, 5) is 8.80. The molecule has 1 aliphatic carbocycles. The monoisotopic (exact) mass is 495 g/mol. The third-order valence-corrected chi connectivity index (χ3v) is 6.08. The molecule has 1 atom stereocenters. The van der Waals surface area contributed by atoms with Gasteiger partial charge in [-0.2, -0.15) is 18.2 Å². The number of alkyl halides is 3. The molecule has 2 heterocycles. The van der Waals surface area contributed by atoms with Crippen LogP contribution in [0.15, 0.2) is 77.4 Å². The molecule has 0 fully saturated rings. The van der Waals surface area contributed by atoms with Crippen molar-refractivity contribution in [3.63, 3.8) is 0 Å². The van der Waals surface area contributed by atoms with E-state index in [1.54, 1.807) is 12.1 Å². The minimum Gasteiger partial charge on any atom is -0.506 e. The Labute approximate surface area is 204 Å². The predicted molar refractivity (Wildman–Crippen MR) is 126 cm³/mol. The Hall–Kier alpha value is -4.14. The molecule has 0 saturated carbocycles. The maximum Gasteiger partial charge on any atom is 0.416 e. The Morgan fingerprint density at radius 1 is 1.00 bits per heavy atom. The van der Waals surface area contributed by atoms with Gasteiger partial charge in [-0.05, 0) is 54.0 Å². The first-order chi connectivity index (χ1) is 17.2. The maximum absolute atomic E-state index is 14.7. The summed E-state index contributed by atoms with van der Waals surface area (Å²) < 4.78 is 61.8. The van der Waals surface area contributed by atoms with Gasteiger partial charge >= 0.3 is 6.18 Å². The van der Waals surface area contributed by atoms with Crippen molar-refractivity contribution >= 4 is 12.1 Å². The van der Waals surface area contributed by atoms with E-state index in [1.807, 2.05) is 30.4 Å². The lowest BCUT2D eigenvalue weighted by atomic mass is 9.80. The van der Waals surface area contributed by atoms with Crippen molar-refractivity contribution in [1.82, 2.24) is 9.97 Å². The highest BCUT2D eigenvalue weighted by molar-refractivity contribution is 5.54. The van der Waals surface area contributed by atoms with Gasteiger partial charge in [0.2, 0.25) is 0 Å². The average molecular weight is 495 g/mol. The van der Waals surface area contributed by atoms with E-state index in [4.69, 9.17) is 4.42 Å². The van der Waals surface area contributed by atoms with Crippen LogP contribution in [0.5, 0.6) is 5.75 Å². The number of rotatable bonds is 6. The molecule has 0 radical (unpaired) electrons. The second kappa shape index (κ2) is 9.14. The van der Waals surface area contributed by atoms with Crippen LogP contribution >= 0.6 is 0 Å². The molecule has 2 aromatic carbocycles. The van der Waals surface area contributed by atoms with Crippen LogP contribution in [0.4, 0.5) is 23.6 Å². The number of aromatic hydroxyl groups is 1. The number of allylic oxidation sites excluding steroid dienone is 1. The molecular weight excluding hydrogens is 474 g/mol. The summed E-state index contributed by atoms with van der Waals surface area (Å²) in [7, 11) is 0. The number of nitrogens with zero attached hydrogens (tertiary/aromatic N) is 2. The molecule has 0 amide bonds. The number of oxazole rings is 1. The van der Waals surface area contributed by atoms with Crippen LogP contribution in [0.2, 0.25) is 0 Å². The number of anilines is 1. The number of hydrogen-bond donors (Lipinski definition) is 2. The molecule has 0 saturated heterocycles. The maximum atomic E-state index is 14.7. The van der Waals surface area contributed by atoms with Crippen LogP contribution in [0, 0.1) is 5.82 Å². The highest BCUT2D eigenvalue weighted by Crippen LogP contribution is 2.40. The van der Waals surface area contributed by atoms with Crippen molar-refractivity contribution < 1.29 is 27.1 Å². The lowest BCUT2D eigenvalue weighted by Gasteiger charge is -2.35. The molecule has 1 aliphatic rings. The Morgan fingerprint density at radius 3 is 2.47 bits per heavy atom. The van der Waals surface area contributed by atoms with E-state index < -0.39 is 23.1 Å². The van der Waals surface area contributed by atoms with Crippen molar-refractivity contribution in [2.24, 2.45) is 0 Å². The highest BCUT2D eigenvalue weighted by Gasteiger charge is 2.41. The van der Waals surface area contributed by atoms with Gasteiger partial charge in [-0.25, -0.2) is 4.39 Å². The quantitative estimate of drug-likeness (QED) is 0.299. The molecule has 0 aliphatic heterocycles. The third-order valence-electron chi connectivity index (χ3n) is 6.08. The van der Waals surface area contributed by atoms with Crippen molar-refractivity contribution in [2.45, 2.75) is 31.0 Å². The largest absolute Gasteiger partial charge is 0.506 e. The smallest absolute Gasteiger partial charge is 0.416 e. The second-order valence-electron chi connectivity index (χ2n) is 8.59. The fourth-order valence-corrected chi connectivity index (χ4v) is 4.38. The lowest BCUT2D eigenvalue weighted by Crippen LogP contribution is -2.40. The SMILES string of the molecule is Oc1ccc(C(Cc2ccccc2)(Nc2nc3c(o2)CCC=C3)c2cc(F)cc(C(F)(F)F)c2)nc1. The second-order valence-corrected chi connectivity index (χ2v) is 8.59. The van der Waals surface area contributed by atoms with E-state index in [1.165, 1.54) is 18.3 Å². The van der Waals surface area contributed by atoms with Gasteiger partial charge in [-0.15, -0.1) is 0 Å². The van der Waals surface area contributed by atoms with Crippen LogP contribution in [0.3, 0.4) is 0 Å². The minimum atomic E-state index is -4.77. The Bertz CT molecular complexity index is 1400. The first kappa shape index (κ1) is 23.6. The third kappa shape index (κ3) is 4.68. The minimum absolute atomic E-state index is 0.0245. The van der Waals surface area contributed by atoms with Gasteiger partial charge in [-0.3, -0.25) is 4.98 Å². The Kier molecular flexibility index (Phi) is 5.99. The molecule has 184 valence electrons. The lowest BCUT2D eigenvalue weighted by molar-refractivity contribution is -0.137. The van der Waals surface area contributed by atoms with Gasteiger partial charge in [0, 0.05) is 12.8 Å². The summed E-state index contributed by atoms with van der Waals surface area (Å²) in [6.07, 6.45) is 1.66. The van der Waals surface area contributed by atoms with Gasteiger partial charge in [0.1, 0.15) is 28.6 Å². The van der Waals surface area contributed by atoms with Gasteiger partial charge in [0.15, 0.2) is 0 Å². The van der Waals surface area contributed by atoms with E-state index >= 15 is 0 Å². The van der Waals surface area contributed by atoms with Gasteiger partial charge in [-0.1, -0.05) is 36.4 Å². The standard InChI is InChI=1S/C27H21F4N3O2/c28-20-13-18(12-19(14-20)27(29,30)31)26(15-17-6-2-1-3-7-17,24-11-10-21(35)16-32-24)34-25-33-22-8-4-5-9-23(22)36-25/h1-4,6-8,10-14,16,35H,5,9,15H2,(H,33,34). The summed E-state index contributed by atoms with van der Waals surface area (Å²) in [6.45, 7) is 0. The molecule has 4 aromatic rings. The first-order valence-electron chi connectivity index (χ1n) is 11.2. The van der Waals surface area contributed by atoms with Gasteiger partial charge < -0.3 is 14.8 Å². The summed E-state index contributed by atoms with van der Waals surface area (Å²) in [5.41, 5.74) is -1.09. The van der Waals surface area contributed by atoms with Crippen LogP contribution in [-0.2, 0) is 24.6 Å². The molecule has 9 heteroatoms. The van der Waals surface area contributed by atoms with Gasteiger partial charge in [0.25, 0.3) is 6.01 Å². The average Bonchev–Trinajstić information content (AvgIpc) is 3.26. The van der Waals surface area contributed by atoms with E-state index in [9.17, 15) is 22.7 Å². The topological polar surface area (TPSA) is 71.2 Å². The van der Waals surface area contributed by atoms with Crippen molar-refractivity contribution in [2.75, 3.05) is 5.32 Å². The zero-order chi connectivity index (χ0) is 25.3. The van der Waals surface area contributed by atoms with Gasteiger partial charge in [0.05, 0.1) is 17.5 Å². The fourth-order valence-electron chi connectivity index (χ4n) is 4.38. The molecular formula is C27H21F4N3O2. The normalized spacial score (nSPS) is 14.8. The van der Waals surface area contributed by atoms with E-state index in [2.05, 4.69) is 15.3 Å². The van der Waals surface area contributed by atoms with E-state index in [0.717, 1.165) is 24.1 Å². The number of benzene rings is 2. The molecule has 0 spiro atoms. The Balaban J connectivity index is 1.75. The zero-order valence-electron chi connectivity index (χ0n) is 18.9. The number of pyridine rings is 1. The molecule has 36 heavy (non-hydrogen) atoms. The van der Waals surface area contributed by atoms with Crippen molar-refractivity contribution in [3.8, 4) is 5.75 Å². The number of aryl methyl sites for hydroxylation is 1. The Morgan fingerprint density at radius 2 is 1.78 bits per heavy atom. The molecule has 5 rings (SSSR count). The predicted octanol–water partition coefficient (Wildman–Crippen LogP) is 6.49. The summed E-state index contributed by atoms with van der Waals surface area (Å²) in [6, 6.07) is 14.3. The molecule has 5 nitrogen and oxygen atoms in total. The van der Waals surface area contributed by atoms with Crippen LogP contribution < -0.4 is 5.32 Å². The fraction of sp³-hybridized carbons (Fsp3) is 0.185. The number of fused-ring (bicyclic) bond motifs is 1. The zero-order valence-corrected chi connectivity index (χ0v) is 18.9. The van der Waals surface area contributed by atoms with E-state index in [0.29, 0.717) is 23.9 Å². The molecule has 2 aromatic heterocycles. The van der Waals surface area contributed by atoms with E-state index in [-0.39, 0.29) is 29.4 Å². The van der Waals surface area contributed by atoms with Crippen LogP contribution in [0.25, 0.3) is 6.08 Å². The molecule has 2 N–H and O–H groups in total.